The second-order valence-electron chi connectivity index (χ2n) is 8.51. The fourth-order valence-electron chi connectivity index (χ4n) is 3.73. The van der Waals surface area contributed by atoms with Gasteiger partial charge in [0.1, 0.15) is 5.69 Å². The molecular formula is C26H32N2O2S. The number of hydrogen-bond donors (Lipinski definition) is 0. The molecule has 0 atom stereocenters. The van der Waals surface area contributed by atoms with Crippen LogP contribution >= 0.6 is 11.8 Å². The third kappa shape index (κ3) is 6.33. The van der Waals surface area contributed by atoms with Gasteiger partial charge in [-0.2, -0.15) is 5.10 Å². The van der Waals surface area contributed by atoms with Crippen molar-refractivity contribution in [2.24, 2.45) is 0 Å². The van der Waals surface area contributed by atoms with Gasteiger partial charge >= 0.3 is 5.97 Å². The molecule has 164 valence electrons. The van der Waals surface area contributed by atoms with E-state index in [2.05, 4.69) is 54.9 Å². The zero-order valence-corrected chi connectivity index (χ0v) is 19.9. The first kappa shape index (κ1) is 23.3. The second-order valence-corrected chi connectivity index (χ2v) is 9.65. The van der Waals surface area contributed by atoms with Gasteiger partial charge in [0.2, 0.25) is 0 Å². The van der Waals surface area contributed by atoms with Gasteiger partial charge in [0, 0.05) is 16.9 Å². The number of unbranched alkanes of at least 4 members (excludes halogenated alkanes) is 1. The van der Waals surface area contributed by atoms with Crippen molar-refractivity contribution in [3.05, 3.63) is 52.3 Å². The van der Waals surface area contributed by atoms with Gasteiger partial charge < -0.3 is 4.74 Å². The topological polar surface area (TPSA) is 52.1 Å². The molecule has 0 N–H and O–H groups in total. The summed E-state index contributed by atoms with van der Waals surface area (Å²) in [4.78, 5) is 12.8. The molecule has 0 saturated carbocycles. The van der Waals surface area contributed by atoms with Gasteiger partial charge in [0.25, 0.3) is 0 Å². The smallest absolute Gasteiger partial charge is 0.305 e. The normalized spacial score (nSPS) is 14.3. The van der Waals surface area contributed by atoms with Crippen molar-refractivity contribution < 1.29 is 9.53 Å². The lowest BCUT2D eigenvalue weighted by Crippen LogP contribution is -2.23. The van der Waals surface area contributed by atoms with Crippen molar-refractivity contribution in [1.29, 1.82) is 0 Å². The van der Waals surface area contributed by atoms with Crippen LogP contribution in [0.25, 0.3) is 0 Å². The summed E-state index contributed by atoms with van der Waals surface area (Å²) < 4.78 is 4.95. The van der Waals surface area contributed by atoms with E-state index in [9.17, 15) is 4.79 Å². The van der Waals surface area contributed by atoms with Crippen LogP contribution in [0.2, 0.25) is 0 Å². The van der Waals surface area contributed by atoms with Gasteiger partial charge in [-0.05, 0) is 91.5 Å². The molecule has 2 heterocycles. The molecule has 1 aromatic heterocycles. The first-order valence-corrected chi connectivity index (χ1v) is 12.2. The van der Waals surface area contributed by atoms with E-state index >= 15 is 0 Å². The summed E-state index contributed by atoms with van der Waals surface area (Å²) >= 11 is 1.96. The highest BCUT2D eigenvalue weighted by Crippen LogP contribution is 2.42. The number of esters is 1. The quantitative estimate of drug-likeness (QED) is 0.326. The number of hydrogen-bond acceptors (Lipinski definition) is 5. The minimum absolute atomic E-state index is 0.130. The maximum Gasteiger partial charge on any atom is 0.305 e. The minimum atomic E-state index is -0.130. The number of aromatic nitrogens is 2. The summed E-state index contributed by atoms with van der Waals surface area (Å²) in [6.45, 7) is 9.10. The van der Waals surface area contributed by atoms with Gasteiger partial charge in [-0.3, -0.25) is 4.79 Å². The molecule has 0 fully saturated rings. The highest BCUT2D eigenvalue weighted by atomic mass is 32.2. The van der Waals surface area contributed by atoms with Crippen LogP contribution in [-0.2, 0) is 27.8 Å². The lowest BCUT2D eigenvalue weighted by atomic mass is 9.80. The van der Waals surface area contributed by atoms with E-state index in [4.69, 9.17) is 4.74 Å². The number of carbonyl (C=O) groups excluding carboxylic acids is 1. The number of aryl methyl sites for hydroxylation is 2. The van der Waals surface area contributed by atoms with Crippen LogP contribution in [0.4, 0.5) is 0 Å². The van der Waals surface area contributed by atoms with Gasteiger partial charge in [0.15, 0.2) is 0 Å². The number of nitrogens with zero attached hydrogens (tertiary/aromatic N) is 2. The Hall–Kier alpha value is -2.32. The van der Waals surface area contributed by atoms with E-state index in [0.29, 0.717) is 18.7 Å². The third-order valence-electron chi connectivity index (χ3n) is 5.71. The molecular weight excluding hydrogens is 404 g/mol. The Kier molecular flexibility index (Phi) is 8.15. The zero-order chi connectivity index (χ0) is 22.3. The summed E-state index contributed by atoms with van der Waals surface area (Å²) in [5.41, 5.74) is 5.61. The van der Waals surface area contributed by atoms with Crippen LogP contribution in [0.5, 0.6) is 0 Å². The third-order valence-corrected chi connectivity index (χ3v) is 6.77. The minimum Gasteiger partial charge on any atom is -0.466 e. The number of carbonyl (C=O) groups is 1. The van der Waals surface area contributed by atoms with Crippen molar-refractivity contribution in [1.82, 2.24) is 10.2 Å². The first-order valence-electron chi connectivity index (χ1n) is 11.2. The molecule has 0 bridgehead atoms. The monoisotopic (exact) mass is 436 g/mol. The van der Waals surface area contributed by atoms with E-state index in [1.165, 1.54) is 28.2 Å². The molecule has 4 nitrogen and oxygen atoms in total. The van der Waals surface area contributed by atoms with Crippen LogP contribution in [0, 0.1) is 11.8 Å². The Labute approximate surface area is 190 Å². The fraction of sp³-hybridized carbons (Fsp3) is 0.500. The van der Waals surface area contributed by atoms with E-state index in [1.807, 2.05) is 30.8 Å². The predicted molar refractivity (Wildman–Crippen MR) is 126 cm³/mol. The van der Waals surface area contributed by atoms with Gasteiger partial charge in [-0.1, -0.05) is 26.7 Å². The zero-order valence-electron chi connectivity index (χ0n) is 19.1. The number of rotatable bonds is 7. The highest BCUT2D eigenvalue weighted by molar-refractivity contribution is 7.99. The number of benzene rings is 1. The van der Waals surface area contributed by atoms with Crippen molar-refractivity contribution in [3.8, 4) is 11.8 Å². The van der Waals surface area contributed by atoms with Crippen molar-refractivity contribution in [2.75, 3.05) is 12.4 Å². The Bertz CT molecular complexity index is 971. The molecule has 5 heteroatoms. The molecule has 0 radical (unpaired) electrons. The maximum absolute atomic E-state index is 11.4. The number of fused-ring (bicyclic) bond motifs is 1. The molecule has 1 aliphatic heterocycles. The average molecular weight is 437 g/mol. The average Bonchev–Trinajstić information content (AvgIpc) is 2.76. The molecule has 1 aromatic carbocycles. The van der Waals surface area contributed by atoms with Crippen LogP contribution in [-0.4, -0.2) is 28.5 Å². The van der Waals surface area contributed by atoms with E-state index in [-0.39, 0.29) is 11.4 Å². The lowest BCUT2D eigenvalue weighted by Gasteiger charge is -2.32. The molecule has 0 amide bonds. The molecule has 0 saturated heterocycles. The largest absolute Gasteiger partial charge is 0.466 e. The maximum atomic E-state index is 11.4. The Morgan fingerprint density at radius 2 is 2.00 bits per heavy atom. The molecule has 2 aromatic rings. The molecule has 3 rings (SSSR count). The Balaban J connectivity index is 1.66. The molecule has 1 aliphatic rings. The Morgan fingerprint density at radius 3 is 2.71 bits per heavy atom. The van der Waals surface area contributed by atoms with Gasteiger partial charge in [-0.25, -0.2) is 0 Å². The SMILES string of the molecule is CCOC(=O)CCCCc1ccc(C#Cc2cc3c(cc2CC)SCCC3(C)C)nn1. The van der Waals surface area contributed by atoms with Crippen LogP contribution < -0.4 is 0 Å². The van der Waals surface area contributed by atoms with Crippen molar-refractivity contribution >= 4 is 17.7 Å². The number of thioether (sulfide) groups is 1. The summed E-state index contributed by atoms with van der Waals surface area (Å²) in [7, 11) is 0. The lowest BCUT2D eigenvalue weighted by molar-refractivity contribution is -0.143. The fourth-order valence-corrected chi connectivity index (χ4v) is 5.28. The van der Waals surface area contributed by atoms with Crippen molar-refractivity contribution in [3.63, 3.8) is 0 Å². The summed E-state index contributed by atoms with van der Waals surface area (Å²) in [5, 5.41) is 8.60. The first-order chi connectivity index (χ1) is 14.9. The van der Waals surface area contributed by atoms with E-state index < -0.39 is 0 Å². The second kappa shape index (κ2) is 10.8. The van der Waals surface area contributed by atoms with Crippen molar-refractivity contribution in [2.45, 2.75) is 76.5 Å². The summed E-state index contributed by atoms with van der Waals surface area (Å²) in [6.07, 6.45) is 5.11. The van der Waals surface area contributed by atoms with Crippen LogP contribution in [0.1, 0.15) is 81.5 Å². The molecule has 0 spiro atoms. The molecule has 31 heavy (non-hydrogen) atoms. The van der Waals surface area contributed by atoms with Crippen LogP contribution in [0.3, 0.4) is 0 Å². The number of ether oxygens (including phenoxy) is 1. The molecule has 0 unspecified atom stereocenters. The van der Waals surface area contributed by atoms with Gasteiger partial charge in [-0.15, -0.1) is 16.9 Å². The standard InChI is InChI=1S/C26H32N2O2S/c1-5-19-18-24-23(26(3,4)15-16-31-24)17-20(19)11-12-22-14-13-21(27-28-22)9-7-8-10-25(29)30-6-2/h13-14,17-18H,5-10,15-16H2,1-4H3. The predicted octanol–water partition coefficient (Wildman–Crippen LogP) is 5.49. The highest BCUT2D eigenvalue weighted by Gasteiger charge is 2.28. The Morgan fingerprint density at radius 1 is 1.16 bits per heavy atom. The van der Waals surface area contributed by atoms with Crippen LogP contribution in [0.15, 0.2) is 29.2 Å². The van der Waals surface area contributed by atoms with E-state index in [1.54, 1.807) is 0 Å². The van der Waals surface area contributed by atoms with E-state index in [0.717, 1.165) is 36.9 Å². The van der Waals surface area contributed by atoms with Gasteiger partial charge in [0.05, 0.1) is 12.3 Å². The summed E-state index contributed by atoms with van der Waals surface area (Å²) in [6, 6.07) is 8.54. The molecule has 0 aliphatic carbocycles. The summed E-state index contributed by atoms with van der Waals surface area (Å²) in [5.74, 6) is 7.60.